The lowest BCUT2D eigenvalue weighted by molar-refractivity contribution is 1.02. The van der Waals surface area contributed by atoms with Crippen LogP contribution in [0.5, 0.6) is 0 Å². The van der Waals surface area contributed by atoms with Gasteiger partial charge in [0.05, 0.1) is 5.69 Å². The molecule has 0 saturated carbocycles. The van der Waals surface area contributed by atoms with E-state index < -0.39 is 0 Å². The van der Waals surface area contributed by atoms with Crippen LogP contribution in [0.15, 0.2) is 77.8 Å². The Kier molecular flexibility index (Phi) is 3.72. The van der Waals surface area contributed by atoms with Crippen LogP contribution >= 0.6 is 0 Å². The van der Waals surface area contributed by atoms with Gasteiger partial charge in [0.1, 0.15) is 0 Å². The summed E-state index contributed by atoms with van der Waals surface area (Å²) in [5.41, 5.74) is 16.7. The molecule has 2 aliphatic carbocycles. The van der Waals surface area contributed by atoms with Crippen molar-refractivity contribution in [2.75, 3.05) is 11.9 Å². The molecule has 4 aromatic carbocycles. The third-order valence-corrected chi connectivity index (χ3v) is 6.58. The van der Waals surface area contributed by atoms with E-state index in [1.165, 1.54) is 44.2 Å². The highest BCUT2D eigenvalue weighted by Gasteiger charge is 2.21. The van der Waals surface area contributed by atoms with Gasteiger partial charge in [-0.25, -0.2) is 4.99 Å². The van der Waals surface area contributed by atoms with Crippen molar-refractivity contribution in [3.63, 3.8) is 0 Å². The maximum absolute atomic E-state index is 6.47. The van der Waals surface area contributed by atoms with Gasteiger partial charge >= 0.3 is 0 Å². The molecule has 0 heterocycles. The Balaban J connectivity index is 1.35. The van der Waals surface area contributed by atoms with Crippen LogP contribution < -0.4 is 10.6 Å². The molecule has 3 nitrogen and oxygen atoms in total. The topological polar surface area (TPSA) is 41.6 Å². The fourth-order valence-corrected chi connectivity index (χ4v) is 5.09. The van der Waals surface area contributed by atoms with E-state index in [1.54, 1.807) is 0 Å². The highest BCUT2D eigenvalue weighted by atomic mass is 15.2. The number of hydrogen-bond acceptors (Lipinski definition) is 1. The minimum Gasteiger partial charge on any atom is -0.369 e. The zero-order valence-corrected chi connectivity index (χ0v) is 17.0. The summed E-state index contributed by atoms with van der Waals surface area (Å²) in [6, 6.07) is 26.0. The van der Waals surface area contributed by atoms with Gasteiger partial charge in [-0.05, 0) is 81.6 Å². The van der Waals surface area contributed by atoms with Crippen LogP contribution in [0.1, 0.15) is 22.3 Å². The molecule has 146 valence electrons. The second kappa shape index (κ2) is 6.46. The molecule has 0 radical (unpaired) electrons. The molecule has 0 spiro atoms. The van der Waals surface area contributed by atoms with Gasteiger partial charge in [-0.15, -0.1) is 0 Å². The highest BCUT2D eigenvalue weighted by molar-refractivity contribution is 6.02. The summed E-state index contributed by atoms with van der Waals surface area (Å²) in [5, 5.41) is 2.70. The number of guanidine groups is 1. The Labute approximate surface area is 176 Å². The third-order valence-electron chi connectivity index (χ3n) is 6.58. The molecule has 0 aliphatic heterocycles. The maximum atomic E-state index is 6.47. The van der Waals surface area contributed by atoms with Crippen molar-refractivity contribution in [3.05, 3.63) is 95.1 Å². The van der Waals surface area contributed by atoms with Crippen LogP contribution in [0.2, 0.25) is 0 Å². The van der Waals surface area contributed by atoms with Crippen LogP contribution in [0.3, 0.4) is 0 Å². The molecule has 0 saturated heterocycles. The normalized spacial score (nSPS) is 14.1. The average Bonchev–Trinajstić information content (AvgIpc) is 3.36. The Bertz CT molecular complexity index is 1350. The summed E-state index contributed by atoms with van der Waals surface area (Å²) in [7, 11) is 2.01. The van der Waals surface area contributed by atoms with E-state index in [1.807, 2.05) is 11.9 Å². The molecule has 2 aliphatic rings. The number of rotatable bonds is 2. The lowest BCUT2D eigenvalue weighted by atomic mass is 10.0. The smallest absolute Gasteiger partial charge is 0.200 e. The number of nitrogens with two attached hydrogens (primary N) is 1. The van der Waals surface area contributed by atoms with Crippen molar-refractivity contribution in [1.82, 2.24) is 0 Å². The van der Waals surface area contributed by atoms with Gasteiger partial charge in [-0.1, -0.05) is 54.6 Å². The summed E-state index contributed by atoms with van der Waals surface area (Å²) < 4.78 is 0. The Morgan fingerprint density at radius 2 is 1.67 bits per heavy atom. The Morgan fingerprint density at radius 1 is 0.833 bits per heavy atom. The fourth-order valence-electron chi connectivity index (χ4n) is 5.09. The molecule has 0 amide bonds. The standard InChI is InChI=1S/C27H23N3/c1-30(25-14-10-18-7-4-6-17-9-12-24(25)26(17)18)27(28)29-21-11-13-23-20(16-21)15-19-5-2-3-8-22(19)23/h2-8,10-11,13-14,16H,9,12,15H2,1H3,(H2,28,29). The van der Waals surface area contributed by atoms with Crippen LogP contribution in [0.25, 0.3) is 21.9 Å². The van der Waals surface area contributed by atoms with Crippen molar-refractivity contribution in [2.24, 2.45) is 10.7 Å². The largest absolute Gasteiger partial charge is 0.369 e. The molecule has 2 N–H and O–H groups in total. The van der Waals surface area contributed by atoms with Crippen LogP contribution in [0, 0.1) is 0 Å². The first-order chi connectivity index (χ1) is 14.7. The van der Waals surface area contributed by atoms with Crippen molar-refractivity contribution in [2.45, 2.75) is 19.3 Å². The zero-order chi connectivity index (χ0) is 20.2. The molecule has 0 atom stereocenters. The van der Waals surface area contributed by atoms with Gasteiger partial charge in [0.2, 0.25) is 5.96 Å². The van der Waals surface area contributed by atoms with Gasteiger partial charge in [0.15, 0.2) is 0 Å². The number of aliphatic imine (C=N–C) groups is 1. The first kappa shape index (κ1) is 17.3. The Morgan fingerprint density at radius 3 is 2.60 bits per heavy atom. The third kappa shape index (κ3) is 2.55. The predicted molar refractivity (Wildman–Crippen MR) is 126 cm³/mol. The maximum Gasteiger partial charge on any atom is 0.200 e. The van der Waals surface area contributed by atoms with Gasteiger partial charge < -0.3 is 10.6 Å². The second-order valence-corrected chi connectivity index (χ2v) is 8.28. The summed E-state index contributed by atoms with van der Waals surface area (Å²) in [4.78, 5) is 6.80. The highest BCUT2D eigenvalue weighted by Crippen LogP contribution is 2.39. The van der Waals surface area contributed by atoms with Crippen LogP contribution in [0.4, 0.5) is 11.4 Å². The molecule has 0 fully saturated rings. The Hall–Kier alpha value is -3.59. The molecule has 0 aromatic heterocycles. The molecule has 0 unspecified atom stereocenters. The molecular weight excluding hydrogens is 366 g/mol. The van der Waals surface area contributed by atoms with Crippen LogP contribution in [-0.2, 0) is 19.3 Å². The first-order valence-corrected chi connectivity index (χ1v) is 10.5. The lowest BCUT2D eigenvalue weighted by Crippen LogP contribution is -2.34. The van der Waals surface area contributed by atoms with E-state index >= 15 is 0 Å². The number of anilines is 1. The quantitative estimate of drug-likeness (QED) is 0.316. The number of nitrogens with zero attached hydrogens (tertiary/aromatic N) is 2. The van der Waals surface area contributed by atoms with Crippen molar-refractivity contribution in [1.29, 1.82) is 0 Å². The van der Waals surface area contributed by atoms with Crippen LogP contribution in [-0.4, -0.2) is 13.0 Å². The molecule has 0 bridgehead atoms. The summed E-state index contributed by atoms with van der Waals surface area (Å²) >= 11 is 0. The summed E-state index contributed by atoms with van der Waals surface area (Å²) in [5.74, 6) is 0.519. The minimum absolute atomic E-state index is 0.519. The SMILES string of the molecule is CN(C(N)=Nc1ccc2c(c1)Cc1ccccc1-2)c1ccc2cccc3c2c1CC3. The number of hydrogen-bond donors (Lipinski definition) is 1. The lowest BCUT2D eigenvalue weighted by Gasteiger charge is -2.21. The molecule has 4 aromatic rings. The number of benzene rings is 4. The van der Waals surface area contributed by atoms with E-state index in [0.717, 1.165) is 30.6 Å². The van der Waals surface area contributed by atoms with E-state index in [2.05, 4.69) is 72.8 Å². The summed E-state index contributed by atoms with van der Waals surface area (Å²) in [6.07, 6.45) is 3.11. The van der Waals surface area contributed by atoms with Crippen molar-refractivity contribution in [3.8, 4) is 11.1 Å². The van der Waals surface area contributed by atoms with E-state index in [0.29, 0.717) is 5.96 Å². The molecule has 3 heteroatoms. The van der Waals surface area contributed by atoms with Gasteiger partial charge in [-0.3, -0.25) is 0 Å². The molecular formula is C27H23N3. The monoisotopic (exact) mass is 389 g/mol. The minimum atomic E-state index is 0.519. The van der Waals surface area contributed by atoms with Crippen molar-refractivity contribution >= 4 is 28.1 Å². The zero-order valence-electron chi connectivity index (χ0n) is 17.0. The van der Waals surface area contributed by atoms with E-state index in [-0.39, 0.29) is 0 Å². The first-order valence-electron chi connectivity index (χ1n) is 10.5. The molecule has 6 rings (SSSR count). The number of fused-ring (bicyclic) bond motifs is 3. The number of aryl methyl sites for hydroxylation is 2. The van der Waals surface area contributed by atoms with Gasteiger partial charge in [-0.2, -0.15) is 0 Å². The average molecular weight is 390 g/mol. The van der Waals surface area contributed by atoms with Gasteiger partial charge in [0.25, 0.3) is 0 Å². The predicted octanol–water partition coefficient (Wildman–Crippen LogP) is 5.59. The fraction of sp³-hybridized carbons (Fsp3) is 0.148. The van der Waals surface area contributed by atoms with E-state index in [4.69, 9.17) is 10.7 Å². The van der Waals surface area contributed by atoms with Crippen molar-refractivity contribution < 1.29 is 0 Å². The molecule has 30 heavy (non-hydrogen) atoms. The summed E-state index contributed by atoms with van der Waals surface area (Å²) in [6.45, 7) is 0. The van der Waals surface area contributed by atoms with Gasteiger partial charge in [0, 0.05) is 12.7 Å². The van der Waals surface area contributed by atoms with E-state index in [9.17, 15) is 0 Å². The second-order valence-electron chi connectivity index (χ2n) is 8.28.